The van der Waals surface area contributed by atoms with Crippen LogP contribution in [-0.4, -0.2) is 32.6 Å². The van der Waals surface area contributed by atoms with Crippen molar-refractivity contribution in [1.82, 2.24) is 9.62 Å². The van der Waals surface area contributed by atoms with E-state index in [2.05, 4.69) is 5.32 Å². The van der Waals surface area contributed by atoms with E-state index in [4.69, 9.17) is 0 Å². The summed E-state index contributed by atoms with van der Waals surface area (Å²) in [6.07, 6.45) is 0.929. The molecule has 2 aromatic rings. The van der Waals surface area contributed by atoms with E-state index in [1.807, 2.05) is 25.1 Å². The van der Waals surface area contributed by atoms with Crippen molar-refractivity contribution >= 4 is 21.8 Å². The number of sulfonamides is 1. The summed E-state index contributed by atoms with van der Waals surface area (Å²) in [6, 6.07) is 12.0. The van der Waals surface area contributed by atoms with Gasteiger partial charge in [0.25, 0.3) is 0 Å². The maximum atomic E-state index is 13.7. The molecule has 3 rings (SSSR count). The number of hydrogen-bond donors (Lipinski definition) is 1. The van der Waals surface area contributed by atoms with Gasteiger partial charge in [-0.2, -0.15) is 0 Å². The van der Waals surface area contributed by atoms with Gasteiger partial charge in [0.1, 0.15) is 5.82 Å². The lowest BCUT2D eigenvalue weighted by Crippen LogP contribution is -2.27. The molecule has 1 N–H and O–H groups in total. The van der Waals surface area contributed by atoms with Crippen molar-refractivity contribution in [2.24, 2.45) is 0 Å². The highest BCUT2D eigenvalue weighted by Crippen LogP contribution is 2.37. The summed E-state index contributed by atoms with van der Waals surface area (Å²) < 4.78 is 39.2. The SMILES string of the molecule is C[C@@H](N[C@@H]1CCSc2ccc(F)cc21)c1ccc(S(=O)(=O)N(C)C)cc1. The van der Waals surface area contributed by atoms with Gasteiger partial charge in [-0.05, 0) is 60.6 Å². The molecular weight excluding hydrogens is 371 g/mol. The fourth-order valence-electron chi connectivity index (χ4n) is 3.08. The largest absolute Gasteiger partial charge is 0.303 e. The summed E-state index contributed by atoms with van der Waals surface area (Å²) in [5, 5.41) is 3.56. The lowest BCUT2D eigenvalue weighted by Gasteiger charge is -2.29. The van der Waals surface area contributed by atoms with Gasteiger partial charge < -0.3 is 5.32 Å². The lowest BCUT2D eigenvalue weighted by molar-refractivity contribution is 0.447. The highest BCUT2D eigenvalue weighted by molar-refractivity contribution is 7.99. The molecule has 1 heterocycles. The van der Waals surface area contributed by atoms with Crippen LogP contribution in [0, 0.1) is 5.82 Å². The average Bonchev–Trinajstić information content (AvgIpc) is 2.62. The summed E-state index contributed by atoms with van der Waals surface area (Å²) in [5.74, 6) is 0.771. The van der Waals surface area contributed by atoms with E-state index in [-0.39, 0.29) is 22.8 Å². The van der Waals surface area contributed by atoms with Gasteiger partial charge in [-0.25, -0.2) is 17.1 Å². The minimum absolute atomic E-state index is 0.0235. The quantitative estimate of drug-likeness (QED) is 0.834. The summed E-state index contributed by atoms with van der Waals surface area (Å²) in [4.78, 5) is 1.40. The van der Waals surface area contributed by atoms with E-state index >= 15 is 0 Å². The Morgan fingerprint density at radius 2 is 1.88 bits per heavy atom. The first-order valence-corrected chi connectivity index (χ1v) is 10.9. The van der Waals surface area contributed by atoms with E-state index < -0.39 is 10.0 Å². The standard InChI is InChI=1S/C19H23FN2O2S2/c1-13(14-4-7-16(8-5-14)26(23,24)22(2)3)21-18-10-11-25-19-9-6-15(20)12-17(18)19/h4-9,12-13,18,21H,10-11H2,1-3H3/t13-,18-/m1/s1. The molecule has 7 heteroatoms. The third-order valence-corrected chi connectivity index (χ3v) is 7.57. The van der Waals surface area contributed by atoms with Gasteiger partial charge in [0.2, 0.25) is 10.0 Å². The Balaban J connectivity index is 1.77. The number of hydrogen-bond acceptors (Lipinski definition) is 4. The average molecular weight is 395 g/mol. The van der Waals surface area contributed by atoms with E-state index in [0.29, 0.717) is 0 Å². The van der Waals surface area contributed by atoms with E-state index in [0.717, 1.165) is 28.2 Å². The van der Waals surface area contributed by atoms with Crippen LogP contribution in [0.25, 0.3) is 0 Å². The van der Waals surface area contributed by atoms with Crippen LogP contribution in [-0.2, 0) is 10.0 Å². The van der Waals surface area contributed by atoms with Gasteiger partial charge in [-0.3, -0.25) is 0 Å². The van der Waals surface area contributed by atoms with Crippen LogP contribution in [0.5, 0.6) is 0 Å². The van der Waals surface area contributed by atoms with Gasteiger partial charge in [-0.1, -0.05) is 12.1 Å². The molecule has 0 aliphatic carbocycles. The monoisotopic (exact) mass is 394 g/mol. The van der Waals surface area contributed by atoms with Crippen molar-refractivity contribution in [3.8, 4) is 0 Å². The maximum Gasteiger partial charge on any atom is 0.242 e. The van der Waals surface area contributed by atoms with Crippen molar-refractivity contribution in [2.75, 3.05) is 19.8 Å². The molecule has 4 nitrogen and oxygen atoms in total. The molecular formula is C19H23FN2O2S2. The van der Waals surface area contributed by atoms with Crippen LogP contribution in [0.15, 0.2) is 52.3 Å². The molecule has 2 atom stereocenters. The zero-order valence-corrected chi connectivity index (χ0v) is 16.7. The first-order chi connectivity index (χ1) is 12.3. The number of nitrogens with zero attached hydrogens (tertiary/aromatic N) is 1. The zero-order chi connectivity index (χ0) is 18.9. The molecule has 0 amide bonds. The fourth-order valence-corrected chi connectivity index (χ4v) is 5.08. The molecule has 2 aromatic carbocycles. The van der Waals surface area contributed by atoms with Crippen molar-refractivity contribution in [2.45, 2.75) is 35.2 Å². The summed E-state index contributed by atoms with van der Waals surface area (Å²) >= 11 is 1.75. The third kappa shape index (κ3) is 3.96. The van der Waals surface area contributed by atoms with Crippen LogP contribution in [0.3, 0.4) is 0 Å². The van der Waals surface area contributed by atoms with Crippen LogP contribution in [0.1, 0.15) is 36.6 Å². The van der Waals surface area contributed by atoms with Crippen molar-refractivity contribution in [3.05, 3.63) is 59.4 Å². The number of fused-ring (bicyclic) bond motifs is 1. The Morgan fingerprint density at radius 1 is 1.19 bits per heavy atom. The molecule has 1 aliphatic heterocycles. The van der Waals surface area contributed by atoms with Crippen molar-refractivity contribution in [3.63, 3.8) is 0 Å². The predicted molar refractivity (Wildman–Crippen MR) is 103 cm³/mol. The van der Waals surface area contributed by atoms with E-state index in [1.54, 1.807) is 30.0 Å². The second kappa shape index (κ2) is 7.68. The Hall–Kier alpha value is -1.41. The fraction of sp³-hybridized carbons (Fsp3) is 0.368. The molecule has 0 fully saturated rings. The molecule has 0 unspecified atom stereocenters. The number of halogens is 1. The Morgan fingerprint density at radius 3 is 2.54 bits per heavy atom. The molecule has 0 spiro atoms. The van der Waals surface area contributed by atoms with Crippen molar-refractivity contribution < 1.29 is 12.8 Å². The summed E-state index contributed by atoms with van der Waals surface area (Å²) in [5.41, 5.74) is 2.00. The highest BCUT2D eigenvalue weighted by atomic mass is 32.2. The van der Waals surface area contributed by atoms with E-state index in [1.165, 1.54) is 24.5 Å². The molecule has 1 aliphatic rings. The van der Waals surface area contributed by atoms with Crippen molar-refractivity contribution in [1.29, 1.82) is 0 Å². The summed E-state index contributed by atoms with van der Waals surface area (Å²) in [7, 11) is -0.385. The Kier molecular flexibility index (Phi) is 5.72. The highest BCUT2D eigenvalue weighted by Gasteiger charge is 2.23. The van der Waals surface area contributed by atoms with Crippen LogP contribution in [0.2, 0.25) is 0 Å². The molecule has 0 aromatic heterocycles. The van der Waals surface area contributed by atoms with Gasteiger partial charge in [0, 0.05) is 31.1 Å². The van der Waals surface area contributed by atoms with Gasteiger partial charge >= 0.3 is 0 Å². The van der Waals surface area contributed by atoms with Crippen LogP contribution >= 0.6 is 11.8 Å². The maximum absolute atomic E-state index is 13.7. The first kappa shape index (κ1) is 19.4. The third-order valence-electron chi connectivity index (χ3n) is 4.62. The predicted octanol–water partition coefficient (Wildman–Crippen LogP) is 3.96. The van der Waals surface area contributed by atoms with Gasteiger partial charge in [0.05, 0.1) is 4.90 Å². The molecule has 0 bridgehead atoms. The topological polar surface area (TPSA) is 49.4 Å². The first-order valence-electron chi connectivity index (χ1n) is 8.50. The summed E-state index contributed by atoms with van der Waals surface area (Å²) in [6.45, 7) is 2.04. The van der Waals surface area contributed by atoms with Gasteiger partial charge in [-0.15, -0.1) is 11.8 Å². The smallest absolute Gasteiger partial charge is 0.242 e. The van der Waals surface area contributed by atoms with E-state index in [9.17, 15) is 12.8 Å². The lowest BCUT2D eigenvalue weighted by atomic mass is 10.0. The molecule has 0 saturated heterocycles. The number of thioether (sulfide) groups is 1. The minimum atomic E-state index is -3.42. The minimum Gasteiger partial charge on any atom is -0.303 e. The number of benzene rings is 2. The second-order valence-corrected chi connectivity index (χ2v) is 9.91. The Bertz CT molecular complexity index is 883. The number of nitrogens with one attached hydrogen (secondary N) is 1. The molecule has 0 radical (unpaired) electrons. The normalized spacial score (nSPS) is 18.6. The molecule has 26 heavy (non-hydrogen) atoms. The Labute approximate surface area is 158 Å². The van der Waals surface area contributed by atoms with Gasteiger partial charge in [0.15, 0.2) is 0 Å². The zero-order valence-electron chi connectivity index (χ0n) is 15.1. The molecule has 140 valence electrons. The van der Waals surface area contributed by atoms with Crippen LogP contribution < -0.4 is 5.32 Å². The van der Waals surface area contributed by atoms with Crippen LogP contribution in [0.4, 0.5) is 4.39 Å². The number of rotatable bonds is 5. The second-order valence-electron chi connectivity index (χ2n) is 6.62. The molecule has 0 saturated carbocycles.